The minimum Gasteiger partial charge on any atom is -0.295 e. The zero-order valence-corrected chi connectivity index (χ0v) is 11.5. The van der Waals surface area contributed by atoms with Crippen LogP contribution in [0.3, 0.4) is 0 Å². The summed E-state index contributed by atoms with van der Waals surface area (Å²) < 4.78 is 0. The van der Waals surface area contributed by atoms with Gasteiger partial charge in [0.2, 0.25) is 0 Å². The molecule has 3 atom stereocenters. The number of hydrogen-bond donors (Lipinski definition) is 1. The lowest BCUT2D eigenvalue weighted by Gasteiger charge is -2.29. The number of nitrogens with one attached hydrogen (secondary N) is 1. The molecule has 92 valence electrons. The van der Waals surface area contributed by atoms with E-state index in [-0.39, 0.29) is 0 Å². The fraction of sp³-hybridized carbons (Fsp3) is 0.500. The molecule has 0 aliphatic carbocycles. The lowest BCUT2D eigenvalue weighted by atomic mass is 10.0. The molecule has 2 rings (SSSR count). The number of aliphatic imine (C=N–C) groups is 1. The third kappa shape index (κ3) is 3.11. The van der Waals surface area contributed by atoms with Crippen molar-refractivity contribution >= 4 is 16.8 Å². The molecule has 3 heteroatoms. The van der Waals surface area contributed by atoms with Crippen LogP contribution in [0.15, 0.2) is 35.3 Å². The Labute approximate surface area is 108 Å². The van der Waals surface area contributed by atoms with Gasteiger partial charge in [-0.15, -0.1) is 11.8 Å². The summed E-state index contributed by atoms with van der Waals surface area (Å²) in [4.78, 5) is 4.66. The molecule has 0 amide bonds. The highest BCUT2D eigenvalue weighted by atomic mass is 32.2. The highest BCUT2D eigenvalue weighted by molar-refractivity contribution is 8.14. The molecule has 0 bridgehead atoms. The standard InChI is InChI=1S/C14H20N2S/c1-10-11(2)15-9-16-14(17-12(10)3)13-7-5-4-6-8-13/h4-8,10-12,15H,9H2,1-3H3/t10-,11?,12-/m1/s1. The van der Waals surface area contributed by atoms with Crippen molar-refractivity contribution in [1.82, 2.24) is 5.32 Å². The van der Waals surface area contributed by atoms with Crippen molar-refractivity contribution in [2.75, 3.05) is 6.67 Å². The zero-order chi connectivity index (χ0) is 12.3. The summed E-state index contributed by atoms with van der Waals surface area (Å²) >= 11 is 1.90. The van der Waals surface area contributed by atoms with Crippen LogP contribution >= 0.6 is 11.8 Å². The molecule has 0 fully saturated rings. The quantitative estimate of drug-likeness (QED) is 0.825. The maximum absolute atomic E-state index is 4.66. The second-order valence-electron chi connectivity index (χ2n) is 4.66. The summed E-state index contributed by atoms with van der Waals surface area (Å²) in [5.41, 5.74) is 1.23. The summed E-state index contributed by atoms with van der Waals surface area (Å²) in [5, 5.41) is 5.20. The molecule has 0 spiro atoms. The average molecular weight is 248 g/mol. The third-order valence-electron chi connectivity index (χ3n) is 3.48. The Morgan fingerprint density at radius 3 is 2.59 bits per heavy atom. The molecular weight excluding hydrogens is 228 g/mol. The van der Waals surface area contributed by atoms with E-state index in [4.69, 9.17) is 0 Å². The topological polar surface area (TPSA) is 24.4 Å². The maximum Gasteiger partial charge on any atom is 0.0995 e. The molecule has 1 aliphatic heterocycles. The SMILES string of the molecule is CC1NCN=C(c2ccccc2)S[C@H](C)[C@@H]1C. The minimum atomic E-state index is 0.526. The Balaban J connectivity index is 2.21. The number of rotatable bonds is 1. The average Bonchev–Trinajstić information content (AvgIpc) is 2.36. The first-order valence-electron chi connectivity index (χ1n) is 6.18. The lowest BCUT2D eigenvalue weighted by molar-refractivity contribution is 0.403. The van der Waals surface area contributed by atoms with Gasteiger partial charge >= 0.3 is 0 Å². The Kier molecular flexibility index (Phi) is 4.24. The summed E-state index contributed by atoms with van der Waals surface area (Å²) in [6, 6.07) is 11.0. The largest absolute Gasteiger partial charge is 0.295 e. The molecule has 17 heavy (non-hydrogen) atoms. The van der Waals surface area contributed by atoms with Gasteiger partial charge < -0.3 is 0 Å². The molecule has 0 saturated heterocycles. The van der Waals surface area contributed by atoms with Crippen LogP contribution in [0.5, 0.6) is 0 Å². The molecule has 2 nitrogen and oxygen atoms in total. The number of nitrogens with zero attached hydrogens (tertiary/aromatic N) is 1. The van der Waals surface area contributed by atoms with Gasteiger partial charge in [-0.05, 0) is 12.8 Å². The molecule has 1 aromatic carbocycles. The Morgan fingerprint density at radius 2 is 1.88 bits per heavy atom. The molecule has 0 radical (unpaired) electrons. The molecule has 0 aromatic heterocycles. The highest BCUT2D eigenvalue weighted by Crippen LogP contribution is 2.27. The van der Waals surface area contributed by atoms with Gasteiger partial charge in [0.25, 0.3) is 0 Å². The van der Waals surface area contributed by atoms with Crippen LogP contribution in [-0.2, 0) is 0 Å². The second-order valence-corrected chi connectivity index (χ2v) is 6.03. The Hall–Kier alpha value is -0.800. The molecule has 0 saturated carbocycles. The van der Waals surface area contributed by atoms with E-state index in [1.54, 1.807) is 0 Å². The first-order chi connectivity index (χ1) is 8.18. The maximum atomic E-state index is 4.66. The van der Waals surface area contributed by atoms with E-state index in [9.17, 15) is 0 Å². The van der Waals surface area contributed by atoms with Crippen molar-refractivity contribution in [3.8, 4) is 0 Å². The van der Waals surface area contributed by atoms with E-state index >= 15 is 0 Å². The van der Waals surface area contributed by atoms with Gasteiger partial charge in [0.1, 0.15) is 0 Å². The van der Waals surface area contributed by atoms with Crippen LogP contribution in [-0.4, -0.2) is 23.0 Å². The van der Waals surface area contributed by atoms with Crippen LogP contribution in [0, 0.1) is 5.92 Å². The molecule has 1 heterocycles. The van der Waals surface area contributed by atoms with Gasteiger partial charge in [0, 0.05) is 16.9 Å². The Morgan fingerprint density at radius 1 is 1.18 bits per heavy atom. The predicted molar refractivity (Wildman–Crippen MR) is 76.7 cm³/mol. The van der Waals surface area contributed by atoms with E-state index in [0.29, 0.717) is 17.2 Å². The zero-order valence-electron chi connectivity index (χ0n) is 10.7. The van der Waals surface area contributed by atoms with Crippen molar-refractivity contribution in [3.05, 3.63) is 35.9 Å². The van der Waals surface area contributed by atoms with Crippen LogP contribution in [0.25, 0.3) is 0 Å². The lowest BCUT2D eigenvalue weighted by Crippen LogP contribution is -2.38. The smallest absolute Gasteiger partial charge is 0.0995 e. The fourth-order valence-electron chi connectivity index (χ4n) is 1.91. The fourth-order valence-corrected chi connectivity index (χ4v) is 3.13. The number of benzene rings is 1. The molecule has 1 aliphatic rings. The van der Waals surface area contributed by atoms with E-state index in [2.05, 4.69) is 55.3 Å². The number of hydrogen-bond acceptors (Lipinski definition) is 3. The van der Waals surface area contributed by atoms with Gasteiger partial charge in [0.15, 0.2) is 0 Å². The van der Waals surface area contributed by atoms with Crippen molar-refractivity contribution in [2.45, 2.75) is 32.1 Å². The van der Waals surface area contributed by atoms with E-state index in [1.807, 2.05) is 17.8 Å². The minimum absolute atomic E-state index is 0.526. The molecular formula is C14H20N2S. The summed E-state index contributed by atoms with van der Waals surface area (Å²) in [5.74, 6) is 0.647. The van der Waals surface area contributed by atoms with Crippen molar-refractivity contribution in [3.63, 3.8) is 0 Å². The van der Waals surface area contributed by atoms with E-state index in [0.717, 1.165) is 11.7 Å². The van der Waals surface area contributed by atoms with Gasteiger partial charge in [0.05, 0.1) is 11.7 Å². The number of thioether (sulfide) groups is 1. The van der Waals surface area contributed by atoms with Crippen LogP contribution < -0.4 is 5.32 Å². The normalized spacial score (nSPS) is 30.3. The first kappa shape index (κ1) is 12.7. The summed E-state index contributed by atoms with van der Waals surface area (Å²) in [6.07, 6.45) is 0. The van der Waals surface area contributed by atoms with Gasteiger partial charge in [-0.2, -0.15) is 0 Å². The van der Waals surface area contributed by atoms with Crippen molar-refractivity contribution in [2.24, 2.45) is 10.9 Å². The third-order valence-corrected chi connectivity index (χ3v) is 4.87. The van der Waals surface area contributed by atoms with Crippen LogP contribution in [0.4, 0.5) is 0 Å². The first-order valence-corrected chi connectivity index (χ1v) is 7.06. The molecule has 1 N–H and O–H groups in total. The van der Waals surface area contributed by atoms with Gasteiger partial charge in [-0.1, -0.05) is 44.2 Å². The van der Waals surface area contributed by atoms with Gasteiger partial charge in [-0.25, -0.2) is 0 Å². The Bertz CT molecular complexity index is 388. The highest BCUT2D eigenvalue weighted by Gasteiger charge is 2.23. The molecule has 1 unspecified atom stereocenters. The summed E-state index contributed by atoms with van der Waals surface area (Å²) in [6.45, 7) is 7.56. The molecule has 1 aromatic rings. The van der Waals surface area contributed by atoms with Crippen LogP contribution in [0.1, 0.15) is 26.3 Å². The predicted octanol–water partition coefficient (Wildman–Crippen LogP) is 3.14. The second kappa shape index (κ2) is 5.69. The van der Waals surface area contributed by atoms with Crippen molar-refractivity contribution in [1.29, 1.82) is 0 Å². The van der Waals surface area contributed by atoms with Crippen LogP contribution in [0.2, 0.25) is 0 Å². The van der Waals surface area contributed by atoms with Crippen molar-refractivity contribution < 1.29 is 0 Å². The van der Waals surface area contributed by atoms with E-state index < -0.39 is 0 Å². The summed E-state index contributed by atoms with van der Waals surface area (Å²) in [7, 11) is 0. The van der Waals surface area contributed by atoms with Gasteiger partial charge in [-0.3, -0.25) is 10.3 Å². The van der Waals surface area contributed by atoms with E-state index in [1.165, 1.54) is 5.56 Å². The monoisotopic (exact) mass is 248 g/mol.